The minimum absolute atomic E-state index is 0.117. The molecule has 3 N–H and O–H groups in total. The molecule has 6 nitrogen and oxygen atoms in total. The van der Waals surface area contributed by atoms with Gasteiger partial charge >= 0.3 is 0 Å². The number of nitrogens with zero attached hydrogens (tertiary/aromatic N) is 1. The average Bonchev–Trinajstić information content (AvgIpc) is 2.93. The molecule has 1 fully saturated rings. The van der Waals surface area contributed by atoms with Crippen molar-refractivity contribution < 1.29 is 9.53 Å². The summed E-state index contributed by atoms with van der Waals surface area (Å²) in [6.07, 6.45) is 1.69. The second-order valence-corrected chi connectivity index (χ2v) is 5.24. The highest BCUT2D eigenvalue weighted by atomic mass is 16.5. The quantitative estimate of drug-likeness (QED) is 0.853. The molecule has 0 aliphatic carbocycles. The van der Waals surface area contributed by atoms with Crippen LogP contribution in [-0.2, 0) is 4.74 Å². The summed E-state index contributed by atoms with van der Waals surface area (Å²) in [5, 5.41) is 2.86. The molecular weight excluding hydrogens is 282 g/mol. The number of carbonyl (C=O) groups excluding carboxylic acids is 1. The highest BCUT2D eigenvalue weighted by Crippen LogP contribution is 2.09. The van der Waals surface area contributed by atoms with Crippen molar-refractivity contribution in [3.63, 3.8) is 0 Å². The second-order valence-electron chi connectivity index (χ2n) is 5.24. The largest absolute Gasteiger partial charge is 0.378 e. The van der Waals surface area contributed by atoms with Gasteiger partial charge in [0.2, 0.25) is 0 Å². The monoisotopic (exact) mass is 299 g/mol. The van der Waals surface area contributed by atoms with Crippen LogP contribution in [0.1, 0.15) is 10.4 Å². The first kappa shape index (κ1) is 14.5. The third kappa shape index (κ3) is 2.93. The minimum Gasteiger partial charge on any atom is -0.378 e. The highest BCUT2D eigenvalue weighted by Gasteiger charge is 2.26. The van der Waals surface area contributed by atoms with Gasteiger partial charge in [0, 0.05) is 23.5 Å². The van der Waals surface area contributed by atoms with Crippen molar-refractivity contribution in [3.8, 4) is 5.69 Å². The first-order chi connectivity index (χ1) is 10.6. The Morgan fingerprint density at radius 1 is 1.18 bits per heavy atom. The van der Waals surface area contributed by atoms with Crippen LogP contribution in [0.4, 0.5) is 0 Å². The lowest BCUT2D eigenvalue weighted by Crippen LogP contribution is -2.46. The normalized spacial score (nSPS) is 20.8. The Hall–Kier alpha value is -2.44. The molecule has 114 valence electrons. The molecule has 1 amide bonds. The first-order valence-electron chi connectivity index (χ1n) is 7.07. The number of benzene rings is 1. The molecule has 2 atom stereocenters. The van der Waals surface area contributed by atoms with E-state index in [9.17, 15) is 9.59 Å². The maximum atomic E-state index is 12.2. The molecule has 6 heteroatoms. The molecule has 0 spiro atoms. The van der Waals surface area contributed by atoms with Crippen LogP contribution < -0.4 is 16.6 Å². The van der Waals surface area contributed by atoms with Gasteiger partial charge in [-0.25, -0.2) is 0 Å². The molecule has 0 saturated carbocycles. The predicted octanol–water partition coefficient (Wildman–Crippen LogP) is 0.293. The Kier molecular flexibility index (Phi) is 4.04. The molecule has 2 heterocycles. The number of hydrogen-bond donors (Lipinski definition) is 2. The molecule has 3 rings (SSSR count). The zero-order valence-corrected chi connectivity index (χ0v) is 11.9. The number of hydrogen-bond acceptors (Lipinski definition) is 4. The standard InChI is InChI=1S/C16H17N3O3/c17-13-9-22-10-14(13)18-16(21)11-4-6-12(7-5-11)19-8-2-1-3-15(19)20/h1-8,13-14H,9-10,17H2,(H,18,21). The Bertz CT molecular complexity index is 724. The number of pyridine rings is 1. The van der Waals surface area contributed by atoms with Crippen LogP contribution in [-0.4, -0.2) is 35.8 Å². The number of amides is 1. The number of rotatable bonds is 3. The van der Waals surface area contributed by atoms with Crippen LogP contribution in [0, 0.1) is 0 Å². The summed E-state index contributed by atoms with van der Waals surface area (Å²) in [7, 11) is 0. The SMILES string of the molecule is NC1COCC1NC(=O)c1ccc(-n2ccccc2=O)cc1. The Labute approximate surface area is 127 Å². The predicted molar refractivity (Wildman–Crippen MR) is 82.1 cm³/mol. The zero-order chi connectivity index (χ0) is 15.5. The molecule has 22 heavy (non-hydrogen) atoms. The maximum absolute atomic E-state index is 12.2. The molecule has 1 aliphatic rings. The van der Waals surface area contributed by atoms with Crippen molar-refractivity contribution in [2.24, 2.45) is 5.73 Å². The van der Waals surface area contributed by atoms with Crippen molar-refractivity contribution in [2.45, 2.75) is 12.1 Å². The fraction of sp³-hybridized carbons (Fsp3) is 0.250. The summed E-state index contributed by atoms with van der Waals surface area (Å²) in [6, 6.07) is 11.5. The van der Waals surface area contributed by atoms with Crippen LogP contribution in [0.5, 0.6) is 0 Å². The third-order valence-electron chi connectivity index (χ3n) is 3.67. The lowest BCUT2D eigenvalue weighted by Gasteiger charge is -2.15. The number of nitrogens with two attached hydrogens (primary N) is 1. The summed E-state index contributed by atoms with van der Waals surface area (Å²) >= 11 is 0. The fourth-order valence-electron chi connectivity index (χ4n) is 2.39. The van der Waals surface area contributed by atoms with Gasteiger partial charge in [-0.15, -0.1) is 0 Å². The van der Waals surface area contributed by atoms with Gasteiger partial charge in [-0.2, -0.15) is 0 Å². The van der Waals surface area contributed by atoms with Gasteiger partial charge in [0.25, 0.3) is 11.5 Å². The Balaban J connectivity index is 1.75. The molecule has 1 aromatic heterocycles. The van der Waals surface area contributed by atoms with Crippen LogP contribution in [0.3, 0.4) is 0 Å². The Morgan fingerprint density at radius 3 is 2.59 bits per heavy atom. The fourth-order valence-corrected chi connectivity index (χ4v) is 2.39. The first-order valence-corrected chi connectivity index (χ1v) is 7.07. The molecular formula is C16H17N3O3. The topological polar surface area (TPSA) is 86.3 Å². The van der Waals surface area contributed by atoms with E-state index in [1.165, 1.54) is 10.6 Å². The van der Waals surface area contributed by atoms with E-state index in [0.717, 1.165) is 0 Å². The van der Waals surface area contributed by atoms with Gasteiger partial charge in [0.15, 0.2) is 0 Å². The molecule has 2 unspecified atom stereocenters. The van der Waals surface area contributed by atoms with Crippen molar-refractivity contribution >= 4 is 5.91 Å². The summed E-state index contributed by atoms with van der Waals surface area (Å²) in [5.74, 6) is -0.196. The van der Waals surface area contributed by atoms with Gasteiger partial charge in [0.05, 0.1) is 25.3 Å². The maximum Gasteiger partial charge on any atom is 0.255 e. The summed E-state index contributed by atoms with van der Waals surface area (Å²) in [5.41, 5.74) is 6.96. The van der Waals surface area contributed by atoms with Crippen molar-refractivity contribution in [2.75, 3.05) is 13.2 Å². The lowest BCUT2D eigenvalue weighted by molar-refractivity contribution is 0.0928. The molecule has 1 aromatic carbocycles. The number of aromatic nitrogens is 1. The van der Waals surface area contributed by atoms with Gasteiger partial charge < -0.3 is 15.8 Å². The minimum atomic E-state index is -0.196. The molecule has 2 aromatic rings. The molecule has 0 bridgehead atoms. The number of carbonyl (C=O) groups is 1. The summed E-state index contributed by atoms with van der Waals surface area (Å²) in [6.45, 7) is 0.894. The van der Waals surface area contributed by atoms with Crippen molar-refractivity contribution in [3.05, 3.63) is 64.6 Å². The van der Waals surface area contributed by atoms with E-state index in [4.69, 9.17) is 10.5 Å². The van der Waals surface area contributed by atoms with Crippen LogP contribution >= 0.6 is 0 Å². The van der Waals surface area contributed by atoms with E-state index in [0.29, 0.717) is 24.5 Å². The van der Waals surface area contributed by atoms with E-state index in [2.05, 4.69) is 5.32 Å². The van der Waals surface area contributed by atoms with Crippen LogP contribution in [0.2, 0.25) is 0 Å². The molecule has 1 saturated heterocycles. The highest BCUT2D eigenvalue weighted by molar-refractivity contribution is 5.94. The lowest BCUT2D eigenvalue weighted by atomic mass is 10.1. The number of ether oxygens (including phenoxy) is 1. The van der Waals surface area contributed by atoms with E-state index >= 15 is 0 Å². The van der Waals surface area contributed by atoms with Crippen molar-refractivity contribution in [1.82, 2.24) is 9.88 Å². The van der Waals surface area contributed by atoms with Crippen molar-refractivity contribution in [1.29, 1.82) is 0 Å². The van der Waals surface area contributed by atoms with E-state index in [-0.39, 0.29) is 23.6 Å². The van der Waals surface area contributed by atoms with E-state index < -0.39 is 0 Å². The van der Waals surface area contributed by atoms with E-state index in [1.54, 1.807) is 42.6 Å². The smallest absolute Gasteiger partial charge is 0.255 e. The van der Waals surface area contributed by atoms with Gasteiger partial charge in [-0.1, -0.05) is 6.07 Å². The Morgan fingerprint density at radius 2 is 1.95 bits per heavy atom. The zero-order valence-electron chi connectivity index (χ0n) is 11.9. The molecule has 0 radical (unpaired) electrons. The van der Waals surface area contributed by atoms with Crippen LogP contribution in [0.25, 0.3) is 5.69 Å². The molecule has 1 aliphatic heterocycles. The summed E-state index contributed by atoms with van der Waals surface area (Å²) < 4.78 is 6.73. The van der Waals surface area contributed by atoms with Crippen LogP contribution in [0.15, 0.2) is 53.5 Å². The summed E-state index contributed by atoms with van der Waals surface area (Å²) in [4.78, 5) is 23.9. The van der Waals surface area contributed by atoms with Gasteiger partial charge in [-0.3, -0.25) is 14.2 Å². The average molecular weight is 299 g/mol. The second kappa shape index (κ2) is 6.13. The third-order valence-corrected chi connectivity index (χ3v) is 3.67. The van der Waals surface area contributed by atoms with E-state index in [1.807, 2.05) is 0 Å². The number of nitrogens with one attached hydrogen (secondary N) is 1. The van der Waals surface area contributed by atoms with Gasteiger partial charge in [-0.05, 0) is 30.3 Å². The van der Waals surface area contributed by atoms with Gasteiger partial charge in [0.1, 0.15) is 0 Å².